The van der Waals surface area contributed by atoms with Gasteiger partial charge in [-0.1, -0.05) is 0 Å². The topological polar surface area (TPSA) is 51.3 Å². The van der Waals surface area contributed by atoms with Crippen LogP contribution in [0.4, 0.5) is 5.69 Å². The number of rotatable bonds is 2. The molecule has 4 nitrogen and oxygen atoms in total. The van der Waals surface area contributed by atoms with Crippen molar-refractivity contribution in [3.05, 3.63) is 18.0 Å². The molecule has 0 saturated carbocycles. The second-order valence-electron chi connectivity index (χ2n) is 5.29. The van der Waals surface area contributed by atoms with Crippen LogP contribution in [0, 0.1) is 0 Å². The van der Waals surface area contributed by atoms with Gasteiger partial charge in [0.2, 0.25) is 0 Å². The molecule has 1 aliphatic rings. The van der Waals surface area contributed by atoms with Crippen molar-refractivity contribution >= 4 is 11.6 Å². The van der Waals surface area contributed by atoms with Gasteiger partial charge >= 0.3 is 0 Å². The number of aryl methyl sites for hydroxylation is 1. The molecule has 2 rings (SSSR count). The molecule has 2 N–H and O–H groups in total. The van der Waals surface area contributed by atoms with E-state index in [4.69, 9.17) is 5.73 Å². The van der Waals surface area contributed by atoms with Crippen LogP contribution in [-0.4, -0.2) is 27.5 Å². The van der Waals surface area contributed by atoms with E-state index in [1.165, 1.54) is 6.42 Å². The third-order valence-corrected chi connectivity index (χ3v) is 3.91. The first-order valence-corrected chi connectivity index (χ1v) is 6.83. The number of anilines is 1. The second kappa shape index (κ2) is 5.04. The first-order valence-electron chi connectivity index (χ1n) is 6.83. The van der Waals surface area contributed by atoms with Crippen LogP contribution in [-0.2, 0) is 6.54 Å². The molecule has 0 bridgehead atoms. The maximum Gasteiger partial charge on any atom is 0.271 e. The van der Waals surface area contributed by atoms with Gasteiger partial charge in [0.1, 0.15) is 5.69 Å². The van der Waals surface area contributed by atoms with E-state index >= 15 is 0 Å². The van der Waals surface area contributed by atoms with E-state index in [0.717, 1.165) is 25.1 Å². The molecule has 4 heteroatoms. The Kier molecular flexibility index (Phi) is 3.64. The molecule has 0 spiro atoms. The highest BCUT2D eigenvalue weighted by atomic mass is 16.2. The molecule has 2 atom stereocenters. The minimum atomic E-state index is 0.119. The Hall–Kier alpha value is -1.45. The van der Waals surface area contributed by atoms with Crippen molar-refractivity contribution in [3.8, 4) is 0 Å². The summed E-state index contributed by atoms with van der Waals surface area (Å²) in [5.74, 6) is 0.119. The van der Waals surface area contributed by atoms with Crippen LogP contribution in [0.1, 0.15) is 50.5 Å². The summed E-state index contributed by atoms with van der Waals surface area (Å²) in [6, 6.07) is 2.44. The van der Waals surface area contributed by atoms with E-state index in [0.29, 0.717) is 17.8 Å². The van der Waals surface area contributed by atoms with E-state index in [1.54, 1.807) is 6.07 Å². The van der Waals surface area contributed by atoms with Gasteiger partial charge in [-0.25, -0.2) is 0 Å². The van der Waals surface area contributed by atoms with E-state index in [1.807, 2.05) is 22.6 Å². The van der Waals surface area contributed by atoms with Gasteiger partial charge in [-0.2, -0.15) is 0 Å². The number of likely N-dealkylation sites (tertiary alicyclic amines) is 1. The molecule has 18 heavy (non-hydrogen) atoms. The van der Waals surface area contributed by atoms with Crippen molar-refractivity contribution in [2.24, 2.45) is 0 Å². The Bertz CT molecular complexity index is 428. The number of nitrogen functional groups attached to an aromatic ring is 1. The van der Waals surface area contributed by atoms with Gasteiger partial charge in [0.05, 0.1) is 5.69 Å². The molecule has 1 aromatic rings. The lowest BCUT2D eigenvalue weighted by Gasteiger charge is -2.39. The summed E-state index contributed by atoms with van der Waals surface area (Å²) in [6.07, 6.45) is 5.24. The van der Waals surface area contributed by atoms with Crippen molar-refractivity contribution in [3.63, 3.8) is 0 Å². The second-order valence-corrected chi connectivity index (χ2v) is 5.29. The lowest BCUT2D eigenvalue weighted by atomic mass is 9.97. The normalized spacial score (nSPS) is 24.3. The Morgan fingerprint density at radius 3 is 2.56 bits per heavy atom. The van der Waals surface area contributed by atoms with Crippen LogP contribution in [0.2, 0.25) is 0 Å². The monoisotopic (exact) mass is 249 g/mol. The lowest BCUT2D eigenvalue weighted by molar-refractivity contribution is 0.0500. The molecule has 0 unspecified atom stereocenters. The highest BCUT2D eigenvalue weighted by Gasteiger charge is 2.30. The first kappa shape index (κ1) is 13.0. The zero-order valence-electron chi connectivity index (χ0n) is 11.5. The summed E-state index contributed by atoms with van der Waals surface area (Å²) < 4.78 is 1.94. The largest absolute Gasteiger partial charge is 0.397 e. The molecule has 1 saturated heterocycles. The van der Waals surface area contributed by atoms with E-state index < -0.39 is 0 Å². The minimum Gasteiger partial charge on any atom is -0.397 e. The fourth-order valence-corrected chi connectivity index (χ4v) is 2.93. The zero-order valence-corrected chi connectivity index (χ0v) is 11.5. The van der Waals surface area contributed by atoms with Crippen molar-refractivity contribution < 1.29 is 4.79 Å². The fraction of sp³-hybridized carbons (Fsp3) is 0.643. The number of piperidine rings is 1. The number of nitrogens with zero attached hydrogens (tertiary/aromatic N) is 2. The van der Waals surface area contributed by atoms with Gasteiger partial charge in [0.25, 0.3) is 5.91 Å². The molecular formula is C14H23N3O. The van der Waals surface area contributed by atoms with Gasteiger partial charge in [0, 0.05) is 24.8 Å². The molecule has 1 amide bonds. The summed E-state index contributed by atoms with van der Waals surface area (Å²) in [4.78, 5) is 14.7. The third-order valence-electron chi connectivity index (χ3n) is 3.91. The number of carbonyl (C=O) groups is 1. The van der Waals surface area contributed by atoms with E-state index in [-0.39, 0.29) is 5.91 Å². The third kappa shape index (κ3) is 2.24. The summed E-state index contributed by atoms with van der Waals surface area (Å²) in [6.45, 7) is 7.07. The van der Waals surface area contributed by atoms with Crippen LogP contribution in [0.5, 0.6) is 0 Å². The molecule has 2 heterocycles. The van der Waals surface area contributed by atoms with Crippen molar-refractivity contribution in [1.29, 1.82) is 0 Å². The van der Waals surface area contributed by atoms with Crippen LogP contribution in [0.3, 0.4) is 0 Å². The van der Waals surface area contributed by atoms with Crippen LogP contribution in [0.25, 0.3) is 0 Å². The molecule has 0 aromatic carbocycles. The molecule has 0 radical (unpaired) electrons. The van der Waals surface area contributed by atoms with Crippen molar-refractivity contribution in [1.82, 2.24) is 9.47 Å². The average Bonchev–Trinajstić information content (AvgIpc) is 2.70. The number of amides is 1. The van der Waals surface area contributed by atoms with Gasteiger partial charge in [-0.05, 0) is 46.1 Å². The molecule has 1 aromatic heterocycles. The van der Waals surface area contributed by atoms with Crippen LogP contribution >= 0.6 is 0 Å². The number of hydrogen-bond acceptors (Lipinski definition) is 2. The highest BCUT2D eigenvalue weighted by molar-refractivity contribution is 5.94. The maximum absolute atomic E-state index is 12.7. The fourth-order valence-electron chi connectivity index (χ4n) is 2.93. The zero-order chi connectivity index (χ0) is 13.3. The van der Waals surface area contributed by atoms with Gasteiger partial charge in [0.15, 0.2) is 0 Å². The minimum absolute atomic E-state index is 0.119. The predicted molar refractivity (Wildman–Crippen MR) is 73.5 cm³/mol. The lowest BCUT2D eigenvalue weighted by Crippen LogP contribution is -2.48. The highest BCUT2D eigenvalue weighted by Crippen LogP contribution is 2.25. The molecule has 1 fully saturated rings. The summed E-state index contributed by atoms with van der Waals surface area (Å²) in [5, 5.41) is 0. The molecular weight excluding hydrogens is 226 g/mol. The Labute approximate surface area is 109 Å². The number of carbonyl (C=O) groups excluding carboxylic acids is 1. The summed E-state index contributed by atoms with van der Waals surface area (Å²) in [7, 11) is 0. The van der Waals surface area contributed by atoms with Crippen molar-refractivity contribution in [2.45, 2.75) is 58.7 Å². The average molecular weight is 249 g/mol. The quantitative estimate of drug-likeness (QED) is 0.875. The SMILES string of the molecule is CCn1cc(N)cc1C(=O)N1[C@H](C)CCC[C@@H]1C. The Morgan fingerprint density at radius 2 is 2.00 bits per heavy atom. The summed E-state index contributed by atoms with van der Waals surface area (Å²) in [5.41, 5.74) is 7.18. The Balaban J connectivity index is 2.29. The Morgan fingerprint density at radius 1 is 1.39 bits per heavy atom. The first-order chi connectivity index (χ1) is 8.54. The van der Waals surface area contributed by atoms with Crippen molar-refractivity contribution in [2.75, 3.05) is 5.73 Å². The molecule has 1 aliphatic heterocycles. The number of nitrogens with two attached hydrogens (primary N) is 1. The summed E-state index contributed by atoms with van der Waals surface area (Å²) >= 11 is 0. The predicted octanol–water partition coefficient (Wildman–Crippen LogP) is 2.49. The van der Waals surface area contributed by atoms with Gasteiger partial charge < -0.3 is 15.2 Å². The van der Waals surface area contributed by atoms with Crippen LogP contribution in [0.15, 0.2) is 12.3 Å². The smallest absolute Gasteiger partial charge is 0.271 e. The van der Waals surface area contributed by atoms with E-state index in [2.05, 4.69) is 13.8 Å². The van der Waals surface area contributed by atoms with Crippen LogP contribution < -0.4 is 5.73 Å². The number of hydrogen-bond donors (Lipinski definition) is 1. The standard InChI is InChI=1S/C14H23N3O/c1-4-16-9-12(15)8-13(16)14(18)17-10(2)6-5-7-11(17)3/h8-11H,4-7,15H2,1-3H3/t10-,11+. The maximum atomic E-state index is 12.7. The van der Waals surface area contributed by atoms with E-state index in [9.17, 15) is 4.79 Å². The van der Waals surface area contributed by atoms with Gasteiger partial charge in [-0.3, -0.25) is 4.79 Å². The number of aromatic nitrogens is 1. The molecule has 100 valence electrons. The van der Waals surface area contributed by atoms with Gasteiger partial charge in [-0.15, -0.1) is 0 Å². The molecule has 0 aliphatic carbocycles.